The summed E-state index contributed by atoms with van der Waals surface area (Å²) in [5.74, 6) is -1.79. The topological polar surface area (TPSA) is 105 Å². The van der Waals surface area contributed by atoms with E-state index in [2.05, 4.69) is 10.7 Å². The van der Waals surface area contributed by atoms with Crippen molar-refractivity contribution in [3.63, 3.8) is 0 Å². The first-order valence-corrected chi connectivity index (χ1v) is 9.67. The van der Waals surface area contributed by atoms with Crippen LogP contribution in [0.1, 0.15) is 24.5 Å². The van der Waals surface area contributed by atoms with Gasteiger partial charge in [0.05, 0.1) is 5.92 Å². The van der Waals surface area contributed by atoms with Crippen LogP contribution in [-0.4, -0.2) is 35.4 Å². The average molecular weight is 407 g/mol. The first kappa shape index (κ1) is 19.6. The van der Waals surface area contributed by atoms with Crippen molar-refractivity contribution >= 4 is 23.8 Å². The van der Waals surface area contributed by atoms with E-state index >= 15 is 0 Å². The van der Waals surface area contributed by atoms with Gasteiger partial charge in [0.1, 0.15) is 0 Å². The Morgan fingerprint density at radius 1 is 1.07 bits per heavy atom. The molecule has 2 aromatic carbocycles. The van der Waals surface area contributed by atoms with Crippen LogP contribution in [0.3, 0.4) is 0 Å². The van der Waals surface area contributed by atoms with Crippen molar-refractivity contribution in [3.8, 4) is 0 Å². The summed E-state index contributed by atoms with van der Waals surface area (Å²) in [6.45, 7) is 1.36. The molecule has 0 spiro atoms. The number of nitrogens with one attached hydrogen (secondary N) is 2. The van der Waals surface area contributed by atoms with Gasteiger partial charge in [0.2, 0.25) is 0 Å². The first-order valence-electron chi connectivity index (χ1n) is 9.67. The quantitative estimate of drug-likeness (QED) is 0.560. The molecule has 0 bridgehead atoms. The molecule has 4 rings (SSSR count). The highest BCUT2D eigenvalue weighted by Gasteiger charge is 2.54. The molecular formula is C22H21N3O5. The highest BCUT2D eigenvalue weighted by molar-refractivity contribution is 6.10. The number of carbonyl (C=O) groups is 4. The number of nitrogens with zero attached hydrogens (tertiary/aromatic N) is 1. The van der Waals surface area contributed by atoms with Crippen molar-refractivity contribution in [2.24, 2.45) is 11.8 Å². The summed E-state index contributed by atoms with van der Waals surface area (Å²) in [7, 11) is 0. The van der Waals surface area contributed by atoms with Crippen molar-refractivity contribution in [2.75, 3.05) is 6.61 Å². The summed E-state index contributed by atoms with van der Waals surface area (Å²) in [6.07, 6.45) is 0.740. The van der Waals surface area contributed by atoms with Crippen molar-refractivity contribution < 1.29 is 23.9 Å². The minimum Gasteiger partial charge on any atom is -0.455 e. The maximum absolute atomic E-state index is 13.4. The Labute approximate surface area is 173 Å². The van der Waals surface area contributed by atoms with Crippen LogP contribution in [0.15, 0.2) is 60.7 Å². The van der Waals surface area contributed by atoms with Gasteiger partial charge in [-0.15, -0.1) is 0 Å². The lowest BCUT2D eigenvalue weighted by Gasteiger charge is -2.27. The largest absolute Gasteiger partial charge is 0.455 e. The summed E-state index contributed by atoms with van der Waals surface area (Å²) in [5.41, 5.74) is 1.89. The number of esters is 1. The Bertz CT molecular complexity index is 953. The van der Waals surface area contributed by atoms with Crippen LogP contribution in [0.25, 0.3) is 0 Å². The summed E-state index contributed by atoms with van der Waals surface area (Å²) in [4.78, 5) is 50.1. The molecule has 1 saturated carbocycles. The minimum atomic E-state index is -1.48. The highest BCUT2D eigenvalue weighted by Crippen LogP contribution is 2.38. The number of hydrogen-bond acceptors (Lipinski definition) is 5. The number of benzene rings is 2. The van der Waals surface area contributed by atoms with Crippen LogP contribution >= 0.6 is 0 Å². The molecule has 8 heteroatoms. The number of amides is 4. The second-order valence-corrected chi connectivity index (χ2v) is 7.51. The molecule has 1 aliphatic carbocycles. The molecule has 30 heavy (non-hydrogen) atoms. The zero-order chi connectivity index (χ0) is 21.3. The van der Waals surface area contributed by atoms with Gasteiger partial charge in [-0.3, -0.25) is 19.8 Å². The number of hydrogen-bond donors (Lipinski definition) is 2. The van der Waals surface area contributed by atoms with Crippen molar-refractivity contribution in [2.45, 2.75) is 18.9 Å². The summed E-state index contributed by atoms with van der Waals surface area (Å²) >= 11 is 0. The normalized spacial score (nSPS) is 21.7. The van der Waals surface area contributed by atoms with Crippen LogP contribution < -0.4 is 10.7 Å². The van der Waals surface area contributed by atoms with E-state index in [1.807, 2.05) is 6.92 Å². The molecule has 0 unspecified atom stereocenters. The van der Waals surface area contributed by atoms with Gasteiger partial charge in [-0.05, 0) is 23.5 Å². The molecule has 154 valence electrons. The Morgan fingerprint density at radius 3 is 2.10 bits per heavy atom. The number of urea groups is 1. The third-order valence-corrected chi connectivity index (χ3v) is 5.43. The second kappa shape index (κ2) is 7.62. The van der Waals surface area contributed by atoms with Gasteiger partial charge >= 0.3 is 12.0 Å². The maximum atomic E-state index is 13.4. The predicted octanol–water partition coefficient (Wildman–Crippen LogP) is 1.71. The lowest BCUT2D eigenvalue weighted by Crippen LogP contribution is -2.50. The minimum absolute atomic E-state index is 0.182. The van der Waals surface area contributed by atoms with E-state index in [0.717, 1.165) is 6.42 Å². The van der Waals surface area contributed by atoms with Crippen molar-refractivity contribution in [3.05, 3.63) is 71.8 Å². The molecule has 2 fully saturated rings. The van der Waals surface area contributed by atoms with E-state index in [1.54, 1.807) is 60.7 Å². The Balaban J connectivity index is 1.55. The third-order valence-electron chi connectivity index (χ3n) is 5.43. The van der Waals surface area contributed by atoms with E-state index in [9.17, 15) is 19.2 Å². The van der Waals surface area contributed by atoms with Gasteiger partial charge in [-0.2, -0.15) is 5.01 Å². The Kier molecular flexibility index (Phi) is 4.99. The van der Waals surface area contributed by atoms with Crippen LogP contribution in [0.2, 0.25) is 0 Å². The SMILES string of the molecule is C[C@H]1C[C@@H]1C(=O)OCC(=O)NN1C(=O)NC(c2ccccc2)(c2ccccc2)C1=O. The van der Waals surface area contributed by atoms with E-state index in [-0.39, 0.29) is 11.8 Å². The maximum Gasteiger partial charge on any atom is 0.344 e. The molecule has 2 aromatic rings. The molecule has 1 saturated heterocycles. The lowest BCUT2D eigenvalue weighted by atomic mass is 9.83. The standard InChI is InChI=1S/C22H21N3O5/c1-14-12-17(14)19(27)30-13-18(26)24-25-20(28)22(23-21(25)29,15-8-4-2-5-9-15)16-10-6-3-7-11-16/h2-11,14,17H,12-13H2,1H3,(H,23,29)(H,24,26)/t14-,17-/m0/s1. The molecule has 8 nitrogen and oxygen atoms in total. The Morgan fingerprint density at radius 2 is 1.60 bits per heavy atom. The smallest absolute Gasteiger partial charge is 0.344 e. The van der Waals surface area contributed by atoms with E-state index in [1.165, 1.54) is 0 Å². The average Bonchev–Trinajstić information content (AvgIpc) is 3.45. The number of imide groups is 1. The summed E-state index contributed by atoms with van der Waals surface area (Å²) in [5, 5.41) is 3.35. The summed E-state index contributed by atoms with van der Waals surface area (Å²) < 4.78 is 4.98. The predicted molar refractivity (Wildman–Crippen MR) is 105 cm³/mol. The first-order chi connectivity index (χ1) is 14.4. The van der Waals surface area contributed by atoms with Crippen LogP contribution in [-0.2, 0) is 24.7 Å². The molecule has 2 N–H and O–H groups in total. The molecule has 1 aliphatic heterocycles. The number of ether oxygens (including phenoxy) is 1. The fraction of sp³-hybridized carbons (Fsp3) is 0.273. The number of rotatable bonds is 6. The Hall–Kier alpha value is -3.68. The van der Waals surface area contributed by atoms with E-state index < -0.39 is 36.0 Å². The fourth-order valence-corrected chi connectivity index (χ4v) is 3.62. The van der Waals surface area contributed by atoms with Gasteiger partial charge in [-0.1, -0.05) is 67.6 Å². The van der Waals surface area contributed by atoms with Gasteiger partial charge in [0, 0.05) is 0 Å². The molecular weight excluding hydrogens is 386 g/mol. The van der Waals surface area contributed by atoms with Crippen molar-refractivity contribution in [1.82, 2.24) is 15.8 Å². The summed E-state index contributed by atoms with van der Waals surface area (Å²) in [6, 6.07) is 16.8. The third kappa shape index (κ3) is 3.41. The molecule has 2 atom stereocenters. The van der Waals surface area contributed by atoms with Gasteiger partial charge in [0.15, 0.2) is 12.1 Å². The van der Waals surface area contributed by atoms with E-state index in [0.29, 0.717) is 16.1 Å². The molecule has 2 aliphatic rings. The zero-order valence-corrected chi connectivity index (χ0v) is 16.3. The fourth-order valence-electron chi connectivity index (χ4n) is 3.62. The van der Waals surface area contributed by atoms with Crippen LogP contribution in [0.5, 0.6) is 0 Å². The zero-order valence-electron chi connectivity index (χ0n) is 16.3. The molecule has 4 amide bonds. The van der Waals surface area contributed by atoms with Crippen LogP contribution in [0.4, 0.5) is 4.79 Å². The molecule has 1 heterocycles. The van der Waals surface area contributed by atoms with Gasteiger partial charge in [0.25, 0.3) is 11.8 Å². The molecule has 0 radical (unpaired) electrons. The molecule has 0 aromatic heterocycles. The lowest BCUT2D eigenvalue weighted by molar-refractivity contribution is -0.151. The number of hydrazine groups is 1. The van der Waals surface area contributed by atoms with E-state index in [4.69, 9.17) is 4.74 Å². The van der Waals surface area contributed by atoms with Crippen LogP contribution in [0, 0.1) is 11.8 Å². The monoisotopic (exact) mass is 407 g/mol. The van der Waals surface area contributed by atoms with Gasteiger partial charge < -0.3 is 10.1 Å². The van der Waals surface area contributed by atoms with Crippen molar-refractivity contribution in [1.29, 1.82) is 0 Å². The highest BCUT2D eigenvalue weighted by atomic mass is 16.5. The number of carbonyl (C=O) groups excluding carboxylic acids is 4. The second-order valence-electron chi connectivity index (χ2n) is 7.51. The van der Waals surface area contributed by atoms with Gasteiger partial charge in [-0.25, -0.2) is 4.79 Å².